The Kier molecular flexibility index (Phi) is 24.0. The lowest BCUT2D eigenvalue weighted by atomic mass is 10.0. The normalized spacial score (nSPS) is 10.4. The van der Waals surface area contributed by atoms with Crippen LogP contribution in [0.25, 0.3) is 22.3 Å². The number of esters is 1. The van der Waals surface area contributed by atoms with E-state index in [9.17, 15) is 36.7 Å². The van der Waals surface area contributed by atoms with Crippen molar-refractivity contribution in [3.8, 4) is 33.8 Å². The summed E-state index contributed by atoms with van der Waals surface area (Å²) in [4.78, 5) is 42.7. The van der Waals surface area contributed by atoms with Gasteiger partial charge in [-0.2, -0.15) is 0 Å². The minimum Gasteiger partial charge on any atom is -0.508 e. The van der Waals surface area contributed by atoms with E-state index in [1.807, 2.05) is 0 Å². The number of hydrogen-bond donors (Lipinski definition) is 4. The van der Waals surface area contributed by atoms with Crippen molar-refractivity contribution in [1.29, 1.82) is 0 Å². The van der Waals surface area contributed by atoms with E-state index in [0.29, 0.717) is 35.1 Å². The highest BCUT2D eigenvalue weighted by atomic mass is 19.1. The van der Waals surface area contributed by atoms with E-state index in [-0.39, 0.29) is 43.0 Å². The number of carboxylic acids is 3. The molecule has 0 saturated carbocycles. The third-order valence-corrected chi connectivity index (χ3v) is 8.99. The summed E-state index contributed by atoms with van der Waals surface area (Å²) in [6.45, 7) is 0. The minimum atomic E-state index is -0.756. The van der Waals surface area contributed by atoms with Crippen LogP contribution in [0.3, 0.4) is 0 Å². The lowest BCUT2D eigenvalue weighted by molar-refractivity contribution is -0.138. The maximum absolute atomic E-state index is 14.3. The second-order valence-electron chi connectivity index (χ2n) is 13.9. The lowest BCUT2D eigenvalue weighted by Crippen LogP contribution is -2.07. The molecular formula is C46H54F4O9. The van der Waals surface area contributed by atoms with Gasteiger partial charge in [-0.25, -0.2) is 17.6 Å². The smallest absolute Gasteiger partial charge is 0.311 e. The summed E-state index contributed by atoms with van der Waals surface area (Å²) in [5, 5.41) is 34.4. The molecule has 0 aliphatic carbocycles. The molecule has 0 bridgehead atoms. The highest BCUT2D eigenvalue weighted by Gasteiger charge is 2.11. The van der Waals surface area contributed by atoms with E-state index in [2.05, 4.69) is 0 Å². The Labute approximate surface area is 342 Å². The molecule has 0 heterocycles. The highest BCUT2D eigenvalue weighted by Crippen LogP contribution is 2.28. The molecule has 0 saturated heterocycles. The van der Waals surface area contributed by atoms with Crippen molar-refractivity contribution in [3.05, 3.63) is 108 Å². The van der Waals surface area contributed by atoms with E-state index in [1.54, 1.807) is 0 Å². The zero-order valence-electron chi connectivity index (χ0n) is 33.2. The first-order valence-corrected chi connectivity index (χ1v) is 19.9. The average molecular weight is 827 g/mol. The SMILES string of the molecule is O=C(O)CCCCCCCCCC(=O)O.O=C(O)CCCCCCCCCC(=O)Oc1ccc(-c2ccc(F)cc2)c(F)c1.Oc1ccc(-c2ccc(F)cc2)c(F)c1. The quantitative estimate of drug-likeness (QED) is 0.0247. The van der Waals surface area contributed by atoms with Crippen molar-refractivity contribution >= 4 is 23.9 Å². The number of hydrogen-bond acceptors (Lipinski definition) is 6. The van der Waals surface area contributed by atoms with Crippen LogP contribution < -0.4 is 4.74 Å². The van der Waals surface area contributed by atoms with E-state index < -0.39 is 41.3 Å². The molecule has 0 unspecified atom stereocenters. The number of phenols is 1. The summed E-state index contributed by atoms with van der Waals surface area (Å²) in [6, 6.07) is 19.1. The van der Waals surface area contributed by atoms with Crippen molar-refractivity contribution in [2.45, 2.75) is 116 Å². The number of ether oxygens (including phenoxy) is 1. The highest BCUT2D eigenvalue weighted by molar-refractivity contribution is 5.73. The zero-order chi connectivity index (χ0) is 43.4. The molecule has 0 aliphatic rings. The number of rotatable bonds is 23. The molecular weight excluding hydrogens is 772 g/mol. The zero-order valence-corrected chi connectivity index (χ0v) is 33.2. The number of carbonyl (C=O) groups is 4. The Balaban J connectivity index is 0.000000336. The van der Waals surface area contributed by atoms with Gasteiger partial charge in [0.15, 0.2) is 0 Å². The van der Waals surface area contributed by atoms with E-state index in [1.165, 1.54) is 72.8 Å². The van der Waals surface area contributed by atoms with Gasteiger partial charge >= 0.3 is 23.9 Å². The van der Waals surface area contributed by atoms with E-state index in [4.69, 9.17) is 25.2 Å². The molecule has 13 heteroatoms. The molecule has 0 atom stereocenters. The summed E-state index contributed by atoms with van der Waals surface area (Å²) in [5.74, 6) is -4.40. The number of phenolic OH excluding ortho intramolecular Hbond substituents is 1. The molecule has 0 spiro atoms. The van der Waals surface area contributed by atoms with Gasteiger partial charge in [0.2, 0.25) is 0 Å². The fourth-order valence-corrected chi connectivity index (χ4v) is 5.84. The summed E-state index contributed by atoms with van der Waals surface area (Å²) >= 11 is 0. The van der Waals surface area contributed by atoms with Gasteiger partial charge < -0.3 is 25.2 Å². The molecule has 0 aromatic heterocycles. The van der Waals surface area contributed by atoms with Crippen molar-refractivity contribution in [2.75, 3.05) is 0 Å². The standard InChI is InChI=1S/C23H26F2O4.C12H8F2O.C11H20O4/c24-18-12-10-17(11-13-18)20-15-14-19(16-21(20)25)29-23(28)9-7-5-3-1-2-4-6-8-22(26)27;13-9-3-1-8(2-4-9)11-6-5-10(15)7-12(11)14;12-10(13)8-6-4-2-1-3-5-7-9-11(14)15/h10-16H,1-9H2,(H,26,27);1-7,15H;1-9H2,(H,12,13)(H,14,15). The van der Waals surface area contributed by atoms with Crippen molar-refractivity contribution in [3.63, 3.8) is 0 Å². The van der Waals surface area contributed by atoms with Gasteiger partial charge in [0, 0.05) is 48.9 Å². The van der Waals surface area contributed by atoms with Crippen LogP contribution in [0.1, 0.15) is 116 Å². The first kappa shape index (κ1) is 49.4. The van der Waals surface area contributed by atoms with Crippen LogP contribution in [0.5, 0.6) is 11.5 Å². The van der Waals surface area contributed by atoms with Crippen LogP contribution in [0.15, 0.2) is 84.9 Å². The number of carbonyl (C=O) groups excluding carboxylic acids is 1. The Bertz CT molecular complexity index is 1850. The Morgan fingerprint density at radius 1 is 0.424 bits per heavy atom. The monoisotopic (exact) mass is 826 g/mol. The Hall–Kier alpha value is -5.72. The number of halogens is 4. The van der Waals surface area contributed by atoms with Gasteiger partial charge in [-0.05, 0) is 85.3 Å². The van der Waals surface area contributed by atoms with E-state index in [0.717, 1.165) is 89.2 Å². The predicted octanol–water partition coefficient (Wildman–Crippen LogP) is 12.1. The number of carboxylic acid groups (broad SMARTS) is 3. The Morgan fingerprint density at radius 3 is 1.12 bits per heavy atom. The fraction of sp³-hybridized carbons (Fsp3) is 0.391. The van der Waals surface area contributed by atoms with Crippen LogP contribution in [0, 0.1) is 23.3 Å². The van der Waals surface area contributed by atoms with Gasteiger partial charge in [-0.15, -0.1) is 0 Å². The average Bonchev–Trinajstić information content (AvgIpc) is 3.18. The van der Waals surface area contributed by atoms with Gasteiger partial charge in [0.25, 0.3) is 0 Å². The van der Waals surface area contributed by atoms with Crippen LogP contribution in [-0.2, 0) is 19.2 Å². The van der Waals surface area contributed by atoms with Crippen LogP contribution >= 0.6 is 0 Å². The second kappa shape index (κ2) is 28.6. The lowest BCUT2D eigenvalue weighted by Gasteiger charge is -2.08. The van der Waals surface area contributed by atoms with Crippen LogP contribution in [0.4, 0.5) is 17.6 Å². The number of benzene rings is 4. The van der Waals surface area contributed by atoms with Crippen LogP contribution in [0.2, 0.25) is 0 Å². The van der Waals surface area contributed by atoms with Crippen molar-refractivity contribution in [1.82, 2.24) is 0 Å². The molecule has 0 fully saturated rings. The first-order chi connectivity index (χ1) is 28.2. The summed E-state index contributed by atoms with van der Waals surface area (Å²) in [5.41, 5.74) is 1.78. The van der Waals surface area contributed by atoms with Crippen molar-refractivity contribution in [2.24, 2.45) is 0 Å². The summed E-state index contributed by atoms with van der Waals surface area (Å²) in [6.07, 6.45) is 13.9. The molecule has 4 aromatic rings. The molecule has 4 aromatic carbocycles. The topological polar surface area (TPSA) is 158 Å². The molecule has 4 N–H and O–H groups in total. The molecule has 0 radical (unpaired) electrons. The minimum absolute atomic E-state index is 0.127. The molecule has 9 nitrogen and oxygen atoms in total. The van der Waals surface area contributed by atoms with Gasteiger partial charge in [-0.3, -0.25) is 19.2 Å². The maximum Gasteiger partial charge on any atom is 0.311 e. The van der Waals surface area contributed by atoms with Crippen molar-refractivity contribution < 1.29 is 61.9 Å². The number of aliphatic carboxylic acids is 3. The van der Waals surface area contributed by atoms with Gasteiger partial charge in [-0.1, -0.05) is 88.5 Å². The predicted molar refractivity (Wildman–Crippen MR) is 217 cm³/mol. The molecule has 59 heavy (non-hydrogen) atoms. The molecule has 4 rings (SSSR count). The molecule has 0 aliphatic heterocycles. The molecule has 0 amide bonds. The summed E-state index contributed by atoms with van der Waals surface area (Å²) < 4.78 is 58.5. The second-order valence-corrected chi connectivity index (χ2v) is 13.9. The third kappa shape index (κ3) is 22.7. The largest absolute Gasteiger partial charge is 0.508 e. The Morgan fingerprint density at radius 2 is 0.763 bits per heavy atom. The van der Waals surface area contributed by atoms with Crippen LogP contribution in [-0.4, -0.2) is 44.3 Å². The molecule has 320 valence electrons. The van der Waals surface area contributed by atoms with E-state index >= 15 is 0 Å². The fourth-order valence-electron chi connectivity index (χ4n) is 5.84. The maximum atomic E-state index is 14.3. The first-order valence-electron chi connectivity index (χ1n) is 19.9. The summed E-state index contributed by atoms with van der Waals surface area (Å²) in [7, 11) is 0. The number of unbranched alkanes of at least 4 members (excludes halogenated alkanes) is 12. The van der Waals surface area contributed by atoms with Gasteiger partial charge in [0.1, 0.15) is 34.8 Å². The number of aromatic hydroxyl groups is 1. The van der Waals surface area contributed by atoms with Gasteiger partial charge in [0.05, 0.1) is 0 Å². The third-order valence-electron chi connectivity index (χ3n) is 8.99.